The van der Waals surface area contributed by atoms with Crippen molar-refractivity contribution < 1.29 is 39.5 Å². The Balaban J connectivity index is 0.000000357. The largest absolute Gasteiger partial charge is 0.484 e. The molecule has 4 aromatic carbocycles. The summed E-state index contributed by atoms with van der Waals surface area (Å²) in [5.74, 6) is 0.0593. The van der Waals surface area contributed by atoms with Crippen molar-refractivity contribution in [2.75, 3.05) is 26.4 Å². The molecule has 4 rings (SSSR count). The van der Waals surface area contributed by atoms with Crippen LogP contribution >= 0.6 is 0 Å². The van der Waals surface area contributed by atoms with E-state index in [1.807, 2.05) is 78.0 Å². The fourth-order valence-electron chi connectivity index (χ4n) is 9.00. The lowest BCUT2D eigenvalue weighted by Gasteiger charge is -2.34. The molecule has 0 saturated heterocycles. The molecule has 0 fully saturated rings. The van der Waals surface area contributed by atoms with Crippen molar-refractivity contribution in [2.45, 2.75) is 156 Å². The first kappa shape index (κ1) is 56.1. The molecule has 9 heteroatoms. The van der Waals surface area contributed by atoms with Crippen LogP contribution in [0.5, 0.6) is 11.5 Å². The Morgan fingerprint density at radius 2 is 0.866 bits per heavy atom. The summed E-state index contributed by atoms with van der Waals surface area (Å²) in [7, 11) is 0. The van der Waals surface area contributed by atoms with Crippen molar-refractivity contribution in [3.8, 4) is 11.5 Å². The quantitative estimate of drug-likeness (QED) is 0.0467. The number of ether oxygens (including phenoxy) is 2. The Morgan fingerprint density at radius 3 is 1.16 bits per heavy atom. The zero-order chi connectivity index (χ0) is 50.0. The van der Waals surface area contributed by atoms with Gasteiger partial charge in [-0.3, -0.25) is 4.79 Å². The topological polar surface area (TPSA) is 146 Å². The number of benzene rings is 4. The molecule has 4 aromatic rings. The fourth-order valence-corrected chi connectivity index (χ4v) is 9.00. The van der Waals surface area contributed by atoms with Gasteiger partial charge in [-0.15, -0.1) is 0 Å². The Kier molecular flexibility index (Phi) is 21.6. The van der Waals surface area contributed by atoms with Crippen molar-refractivity contribution >= 4 is 24.0 Å². The molecule has 0 heterocycles. The van der Waals surface area contributed by atoms with Gasteiger partial charge in [0.25, 0.3) is 5.91 Å². The normalized spacial score (nSPS) is 12.3. The van der Waals surface area contributed by atoms with Crippen molar-refractivity contribution in [1.82, 2.24) is 5.32 Å². The third kappa shape index (κ3) is 14.4. The van der Waals surface area contributed by atoms with Gasteiger partial charge in [0, 0.05) is 17.4 Å². The molecule has 366 valence electrons. The summed E-state index contributed by atoms with van der Waals surface area (Å²) in [6, 6.07) is 25.5. The van der Waals surface area contributed by atoms with E-state index in [1.54, 1.807) is 0 Å². The minimum atomic E-state index is -0.981. The second kappa shape index (κ2) is 25.8. The lowest BCUT2D eigenvalue weighted by atomic mass is 9.70. The van der Waals surface area contributed by atoms with E-state index in [-0.39, 0.29) is 43.1 Å². The van der Waals surface area contributed by atoms with Crippen LogP contribution in [0.15, 0.2) is 84.9 Å². The zero-order valence-corrected chi connectivity index (χ0v) is 42.6. The second-order valence-corrected chi connectivity index (χ2v) is 18.0. The maximum absolute atomic E-state index is 11.8. The highest BCUT2D eigenvalue weighted by molar-refractivity contribution is 5.77. The third-order valence-corrected chi connectivity index (χ3v) is 14.3. The molecule has 0 unspecified atom stereocenters. The predicted octanol–water partition coefficient (Wildman–Crippen LogP) is 11.9. The van der Waals surface area contributed by atoms with Crippen LogP contribution in [-0.4, -0.2) is 69.9 Å². The van der Waals surface area contributed by atoms with Gasteiger partial charge in [-0.05, 0) is 147 Å². The lowest BCUT2D eigenvalue weighted by Crippen LogP contribution is -2.31. The van der Waals surface area contributed by atoms with Gasteiger partial charge in [-0.2, -0.15) is 0 Å². The number of hydrogen-bond acceptors (Lipinski definition) is 7. The number of carboxylic acids is 1. The number of aliphatic hydroxyl groups excluding tert-OH is 1. The number of aliphatic carboxylic acids is 1. The second-order valence-electron chi connectivity index (χ2n) is 18.0. The number of carboxylic acid groups (broad SMARTS) is 1. The molecule has 0 aliphatic carbocycles. The highest BCUT2D eigenvalue weighted by atomic mass is 16.5. The molecular weight excluding hydrogens is 839 g/mol. The van der Waals surface area contributed by atoms with Gasteiger partial charge in [0.1, 0.15) is 11.5 Å². The van der Waals surface area contributed by atoms with Crippen molar-refractivity contribution in [2.24, 2.45) is 0 Å². The number of nitrogens with one attached hydrogen (secondary N) is 1. The molecule has 0 radical (unpaired) electrons. The maximum Gasteiger partial charge on any atom is 0.341 e. The van der Waals surface area contributed by atoms with Crippen molar-refractivity contribution in [3.63, 3.8) is 0 Å². The maximum atomic E-state index is 11.8. The Labute approximate surface area is 402 Å². The van der Waals surface area contributed by atoms with E-state index in [2.05, 4.69) is 108 Å². The van der Waals surface area contributed by atoms with Gasteiger partial charge >= 0.3 is 5.97 Å². The molecule has 0 aliphatic heterocycles. The van der Waals surface area contributed by atoms with E-state index in [1.165, 1.54) is 33.4 Å². The number of carbonyl (C=O) groups is 2. The molecular formula is C58H81NO8. The van der Waals surface area contributed by atoms with E-state index >= 15 is 0 Å². The number of amides is 1. The van der Waals surface area contributed by atoms with E-state index in [0.717, 1.165) is 47.9 Å². The van der Waals surface area contributed by atoms with Crippen LogP contribution in [0.25, 0.3) is 12.2 Å². The first-order valence-corrected chi connectivity index (χ1v) is 24.5. The van der Waals surface area contributed by atoms with Crippen LogP contribution in [-0.2, 0) is 20.4 Å². The van der Waals surface area contributed by atoms with E-state index in [9.17, 15) is 19.8 Å². The number of aryl methyl sites for hydroxylation is 4. The Bertz CT molecular complexity index is 2270. The average Bonchev–Trinajstić information content (AvgIpc) is 3.33. The van der Waals surface area contributed by atoms with Gasteiger partial charge in [0.05, 0.1) is 17.8 Å². The molecule has 0 spiro atoms. The standard InChI is InChI=1S/C30H43NO4.C28H38O4/c1-7-29(34,8-2)16-15-24-11-12-25(19-22(24)5)30(9-3,10-4)26-13-14-27(23(6)20-26)35-21-28(33)31-17-18-32;1-7-27(31,8-2)16-15-22-11-12-23(17-20(22)5)28(9-3,10-4)24-13-14-25(21(6)18-24)32-19-26(29)30/h11-16,19-20,32,34H,7-10,17-18,21H2,1-6H3,(H,31,33);11-18,31H,7-10,19H2,1-6H3,(H,29,30)/b2*16-15+. The monoisotopic (exact) mass is 920 g/mol. The molecule has 0 atom stereocenters. The molecule has 67 heavy (non-hydrogen) atoms. The molecule has 0 aromatic heterocycles. The lowest BCUT2D eigenvalue weighted by molar-refractivity contribution is -0.139. The predicted molar refractivity (Wildman–Crippen MR) is 275 cm³/mol. The smallest absolute Gasteiger partial charge is 0.341 e. The van der Waals surface area contributed by atoms with Crippen LogP contribution in [0.1, 0.15) is 162 Å². The van der Waals surface area contributed by atoms with Gasteiger partial charge in [0.2, 0.25) is 0 Å². The third-order valence-electron chi connectivity index (χ3n) is 14.3. The molecule has 0 saturated carbocycles. The Morgan fingerprint density at radius 1 is 0.522 bits per heavy atom. The molecule has 9 nitrogen and oxygen atoms in total. The van der Waals surface area contributed by atoms with Crippen LogP contribution in [0.4, 0.5) is 0 Å². The number of hydrogen-bond donors (Lipinski definition) is 5. The summed E-state index contributed by atoms with van der Waals surface area (Å²) < 4.78 is 11.1. The molecule has 1 amide bonds. The van der Waals surface area contributed by atoms with Gasteiger partial charge < -0.3 is 35.2 Å². The van der Waals surface area contributed by atoms with E-state index < -0.39 is 17.2 Å². The van der Waals surface area contributed by atoms with Gasteiger partial charge in [-0.1, -0.05) is 140 Å². The van der Waals surface area contributed by atoms with Gasteiger partial charge in [0.15, 0.2) is 13.2 Å². The summed E-state index contributed by atoms with van der Waals surface area (Å²) in [6.07, 6.45) is 14.5. The first-order chi connectivity index (χ1) is 31.8. The highest BCUT2D eigenvalue weighted by Gasteiger charge is 2.33. The zero-order valence-electron chi connectivity index (χ0n) is 42.6. The summed E-state index contributed by atoms with van der Waals surface area (Å²) in [5, 5.41) is 41.5. The molecule has 0 bridgehead atoms. The SMILES string of the molecule is CCC(O)(/C=C/c1ccc(C(CC)(CC)c2ccc(OCC(=O)NCCO)c(C)c2)cc1C)CC.CCC(O)(/C=C/c1ccc(C(CC)(CC)c2ccc(OCC(=O)O)c(C)c2)cc1C)CC. The fraction of sp³-hybridized carbons (Fsp3) is 0.483. The minimum Gasteiger partial charge on any atom is -0.484 e. The minimum absolute atomic E-state index is 0.0771. The molecule has 0 aliphatic rings. The van der Waals surface area contributed by atoms with Crippen LogP contribution in [0, 0.1) is 27.7 Å². The van der Waals surface area contributed by atoms with Crippen molar-refractivity contribution in [3.05, 3.63) is 141 Å². The van der Waals surface area contributed by atoms with E-state index in [0.29, 0.717) is 37.2 Å². The summed E-state index contributed by atoms with van der Waals surface area (Å²) in [5.41, 5.74) is 9.68. The Hall–Kier alpha value is -5.22. The van der Waals surface area contributed by atoms with Gasteiger partial charge in [-0.25, -0.2) is 4.79 Å². The first-order valence-electron chi connectivity index (χ1n) is 24.5. The molecule has 5 N–H and O–H groups in total. The highest BCUT2D eigenvalue weighted by Crippen LogP contribution is 2.43. The van der Waals surface area contributed by atoms with Crippen molar-refractivity contribution in [1.29, 1.82) is 0 Å². The summed E-state index contributed by atoms with van der Waals surface area (Å²) in [4.78, 5) is 22.7. The number of carbonyl (C=O) groups excluding carboxylic acids is 1. The average molecular weight is 920 g/mol. The summed E-state index contributed by atoms with van der Waals surface area (Å²) in [6.45, 7) is 24.8. The van der Waals surface area contributed by atoms with E-state index in [4.69, 9.17) is 19.7 Å². The summed E-state index contributed by atoms with van der Waals surface area (Å²) >= 11 is 0. The van der Waals surface area contributed by atoms with Crippen LogP contribution in [0.2, 0.25) is 0 Å². The number of rotatable bonds is 24. The van der Waals surface area contributed by atoms with Crippen LogP contribution in [0.3, 0.4) is 0 Å². The number of aliphatic hydroxyl groups is 3. The van der Waals surface area contributed by atoms with Crippen LogP contribution < -0.4 is 14.8 Å².